The van der Waals surface area contributed by atoms with Gasteiger partial charge >= 0.3 is 0 Å². The lowest BCUT2D eigenvalue weighted by atomic mass is 10.1. The highest BCUT2D eigenvalue weighted by Gasteiger charge is 2.27. The summed E-state index contributed by atoms with van der Waals surface area (Å²) in [6.45, 7) is 2.39. The Labute approximate surface area is 119 Å². The van der Waals surface area contributed by atoms with Crippen LogP contribution in [0, 0.1) is 6.92 Å². The number of aromatic hydroxyl groups is 1. The monoisotopic (exact) mass is 281 g/mol. The molecule has 1 amide bonds. The average Bonchev–Trinajstić information content (AvgIpc) is 2.92. The van der Waals surface area contributed by atoms with Crippen molar-refractivity contribution in [2.75, 3.05) is 12.4 Å². The molecule has 1 aromatic rings. The number of nitrogens with zero attached hydrogens (tertiary/aromatic N) is 1. The van der Waals surface area contributed by atoms with E-state index in [2.05, 4.69) is 0 Å². The summed E-state index contributed by atoms with van der Waals surface area (Å²) in [5.74, 6) is 0.705. The lowest BCUT2D eigenvalue weighted by Gasteiger charge is -2.28. The van der Waals surface area contributed by atoms with E-state index in [0.717, 1.165) is 18.4 Å². The van der Waals surface area contributed by atoms with Crippen LogP contribution in [0.5, 0.6) is 5.75 Å². The fraction of sp³-hybridized carbons (Fsp3) is 0.533. The predicted octanol–water partition coefficient (Wildman–Crippen LogP) is 3.32. The van der Waals surface area contributed by atoms with Gasteiger partial charge in [-0.25, -0.2) is 0 Å². The summed E-state index contributed by atoms with van der Waals surface area (Å²) in [5.41, 5.74) is 1.36. The van der Waals surface area contributed by atoms with Gasteiger partial charge in [-0.3, -0.25) is 4.79 Å². The number of carbonyl (C=O) groups excluding carboxylic acids is 1. The lowest BCUT2D eigenvalue weighted by molar-refractivity contribution is 0.0695. The molecule has 0 bridgehead atoms. The second kappa shape index (κ2) is 6.29. The number of alkyl halides is 1. The highest BCUT2D eigenvalue weighted by Crippen LogP contribution is 2.26. The first-order valence-corrected chi connectivity index (χ1v) is 7.33. The molecule has 1 fully saturated rings. The second-order valence-corrected chi connectivity index (χ2v) is 5.51. The number of benzene rings is 1. The van der Waals surface area contributed by atoms with Gasteiger partial charge in [-0.2, -0.15) is 0 Å². The van der Waals surface area contributed by atoms with Crippen LogP contribution >= 0.6 is 11.6 Å². The first kappa shape index (κ1) is 14.2. The standard InChI is InChI=1S/C15H20ClNO2/c1-11-10-12(6-7-14(11)18)15(19)17(9-8-16)13-4-2-3-5-13/h6-7,10,13,18H,2-5,8-9H2,1H3. The lowest BCUT2D eigenvalue weighted by Crippen LogP contribution is -2.40. The normalized spacial score (nSPS) is 15.7. The summed E-state index contributed by atoms with van der Waals surface area (Å²) < 4.78 is 0. The molecule has 0 unspecified atom stereocenters. The third kappa shape index (κ3) is 3.21. The van der Waals surface area contributed by atoms with E-state index in [1.54, 1.807) is 25.1 Å². The number of halogens is 1. The van der Waals surface area contributed by atoms with E-state index in [9.17, 15) is 9.90 Å². The third-order valence-corrected chi connectivity index (χ3v) is 3.96. The first-order valence-electron chi connectivity index (χ1n) is 6.80. The zero-order valence-electron chi connectivity index (χ0n) is 11.2. The molecule has 0 spiro atoms. The maximum atomic E-state index is 12.6. The molecule has 19 heavy (non-hydrogen) atoms. The highest BCUT2D eigenvalue weighted by atomic mass is 35.5. The minimum absolute atomic E-state index is 0.0238. The molecule has 3 nitrogen and oxygen atoms in total. The second-order valence-electron chi connectivity index (χ2n) is 5.13. The van der Waals surface area contributed by atoms with Gasteiger partial charge in [0.2, 0.25) is 0 Å². The number of carbonyl (C=O) groups is 1. The molecule has 0 heterocycles. The number of phenols is 1. The van der Waals surface area contributed by atoms with Crippen molar-refractivity contribution in [1.29, 1.82) is 0 Å². The first-order chi connectivity index (χ1) is 9.13. The number of hydrogen-bond donors (Lipinski definition) is 1. The summed E-state index contributed by atoms with van der Waals surface area (Å²) in [4.78, 5) is 14.5. The molecule has 0 saturated heterocycles. The van der Waals surface area contributed by atoms with Crippen molar-refractivity contribution in [1.82, 2.24) is 4.90 Å². The molecule has 1 aliphatic rings. The van der Waals surface area contributed by atoms with Crippen LogP contribution in [0.15, 0.2) is 18.2 Å². The fourth-order valence-electron chi connectivity index (χ4n) is 2.71. The Morgan fingerprint density at radius 1 is 1.42 bits per heavy atom. The molecule has 1 aromatic carbocycles. The minimum atomic E-state index is 0.0238. The predicted molar refractivity (Wildman–Crippen MR) is 76.9 cm³/mol. The SMILES string of the molecule is Cc1cc(C(=O)N(CCCl)C2CCCC2)ccc1O. The molecule has 1 aliphatic carbocycles. The van der Waals surface area contributed by atoms with Crippen LogP contribution in [0.25, 0.3) is 0 Å². The third-order valence-electron chi connectivity index (χ3n) is 3.80. The quantitative estimate of drug-likeness (QED) is 0.860. The van der Waals surface area contributed by atoms with Gasteiger partial charge in [0.05, 0.1) is 0 Å². The van der Waals surface area contributed by atoms with Crippen LogP contribution in [-0.4, -0.2) is 34.4 Å². The Morgan fingerprint density at radius 2 is 2.11 bits per heavy atom. The van der Waals surface area contributed by atoms with E-state index in [1.807, 2.05) is 4.90 Å². The summed E-state index contributed by atoms with van der Waals surface area (Å²) in [6.07, 6.45) is 4.51. The van der Waals surface area contributed by atoms with Crippen molar-refractivity contribution in [3.63, 3.8) is 0 Å². The van der Waals surface area contributed by atoms with Gasteiger partial charge in [-0.05, 0) is 43.5 Å². The smallest absolute Gasteiger partial charge is 0.254 e. The van der Waals surface area contributed by atoms with Crippen LogP contribution < -0.4 is 0 Å². The van der Waals surface area contributed by atoms with E-state index in [0.29, 0.717) is 24.0 Å². The number of aryl methyl sites for hydroxylation is 1. The Morgan fingerprint density at radius 3 is 2.68 bits per heavy atom. The Hall–Kier alpha value is -1.22. The Kier molecular flexibility index (Phi) is 4.70. The van der Waals surface area contributed by atoms with Gasteiger partial charge in [0, 0.05) is 24.0 Å². The minimum Gasteiger partial charge on any atom is -0.508 e. The maximum Gasteiger partial charge on any atom is 0.254 e. The van der Waals surface area contributed by atoms with Crippen LogP contribution in [0.1, 0.15) is 41.6 Å². The molecule has 104 valence electrons. The van der Waals surface area contributed by atoms with E-state index >= 15 is 0 Å². The Bertz CT molecular complexity index is 455. The molecule has 0 radical (unpaired) electrons. The molecule has 1 N–H and O–H groups in total. The zero-order chi connectivity index (χ0) is 13.8. The molecule has 1 saturated carbocycles. The van der Waals surface area contributed by atoms with E-state index in [-0.39, 0.29) is 11.7 Å². The van der Waals surface area contributed by atoms with Crippen molar-refractivity contribution < 1.29 is 9.90 Å². The average molecular weight is 282 g/mol. The summed E-state index contributed by atoms with van der Waals surface area (Å²) in [5, 5.41) is 9.53. The topological polar surface area (TPSA) is 40.5 Å². The highest BCUT2D eigenvalue weighted by molar-refractivity contribution is 6.18. The molecule has 0 aromatic heterocycles. The summed E-state index contributed by atoms with van der Waals surface area (Å²) in [7, 11) is 0. The maximum absolute atomic E-state index is 12.6. The van der Waals surface area contributed by atoms with Gasteiger partial charge in [-0.1, -0.05) is 12.8 Å². The van der Waals surface area contributed by atoms with Crippen LogP contribution in [-0.2, 0) is 0 Å². The van der Waals surface area contributed by atoms with Crippen molar-refractivity contribution in [3.05, 3.63) is 29.3 Å². The largest absolute Gasteiger partial charge is 0.508 e. The fourth-order valence-corrected chi connectivity index (χ4v) is 2.89. The number of hydrogen-bond acceptors (Lipinski definition) is 2. The van der Waals surface area contributed by atoms with Crippen molar-refractivity contribution in [2.45, 2.75) is 38.6 Å². The summed E-state index contributed by atoms with van der Waals surface area (Å²) in [6, 6.07) is 5.32. The molecular weight excluding hydrogens is 262 g/mol. The van der Waals surface area contributed by atoms with E-state index in [4.69, 9.17) is 11.6 Å². The van der Waals surface area contributed by atoms with Gasteiger partial charge in [0.15, 0.2) is 0 Å². The van der Waals surface area contributed by atoms with E-state index in [1.165, 1.54) is 12.8 Å². The van der Waals surface area contributed by atoms with Gasteiger partial charge in [-0.15, -0.1) is 11.6 Å². The van der Waals surface area contributed by atoms with Crippen molar-refractivity contribution >= 4 is 17.5 Å². The molecule has 0 atom stereocenters. The molecular formula is C15H20ClNO2. The summed E-state index contributed by atoms with van der Waals surface area (Å²) >= 11 is 5.83. The number of amides is 1. The number of rotatable bonds is 4. The molecule has 0 aliphatic heterocycles. The Balaban J connectivity index is 2.20. The number of phenolic OH excluding ortho intramolecular Hbond substituents is 1. The zero-order valence-corrected chi connectivity index (χ0v) is 12.0. The van der Waals surface area contributed by atoms with Gasteiger partial charge in [0.1, 0.15) is 5.75 Å². The van der Waals surface area contributed by atoms with E-state index < -0.39 is 0 Å². The molecule has 2 rings (SSSR count). The van der Waals surface area contributed by atoms with Gasteiger partial charge < -0.3 is 10.0 Å². The van der Waals surface area contributed by atoms with Crippen molar-refractivity contribution in [2.24, 2.45) is 0 Å². The van der Waals surface area contributed by atoms with Gasteiger partial charge in [0.25, 0.3) is 5.91 Å². The van der Waals surface area contributed by atoms with Crippen molar-refractivity contribution in [3.8, 4) is 5.75 Å². The van der Waals surface area contributed by atoms with Crippen LogP contribution in [0.2, 0.25) is 0 Å². The van der Waals surface area contributed by atoms with Crippen LogP contribution in [0.4, 0.5) is 0 Å². The molecule has 4 heteroatoms. The van der Waals surface area contributed by atoms with Crippen LogP contribution in [0.3, 0.4) is 0 Å².